The minimum absolute atomic E-state index is 0.0440. The monoisotopic (exact) mass is 478 g/mol. The standard InChI is InChI=1S/C22H21F3N4O3S/c1-2-32-21(31)29-8-7-16(12-29)27-19-6-4-15(11-26-19)28-20(30)18-10-13-9-14(22(23,24)25)3-5-17(13)33-18/h3-6,9-11,16H,2,7-8,12H2,1H3,(H,26,27)(H,28,30). The highest BCUT2D eigenvalue weighted by molar-refractivity contribution is 7.20. The van der Waals surface area contributed by atoms with Crippen LogP contribution in [0.1, 0.15) is 28.6 Å². The van der Waals surface area contributed by atoms with Gasteiger partial charge in [0.2, 0.25) is 0 Å². The Bertz CT molecular complexity index is 1160. The fourth-order valence-corrected chi connectivity index (χ4v) is 4.48. The van der Waals surface area contributed by atoms with Crippen LogP contribution in [0.5, 0.6) is 0 Å². The zero-order valence-electron chi connectivity index (χ0n) is 17.6. The normalized spacial score (nSPS) is 16.1. The maximum atomic E-state index is 12.9. The molecule has 1 fully saturated rings. The summed E-state index contributed by atoms with van der Waals surface area (Å²) >= 11 is 1.12. The van der Waals surface area contributed by atoms with Crippen molar-refractivity contribution in [2.24, 2.45) is 0 Å². The largest absolute Gasteiger partial charge is 0.450 e. The lowest BCUT2D eigenvalue weighted by molar-refractivity contribution is -0.137. The summed E-state index contributed by atoms with van der Waals surface area (Å²) in [7, 11) is 0. The van der Waals surface area contributed by atoms with Crippen molar-refractivity contribution in [1.29, 1.82) is 0 Å². The van der Waals surface area contributed by atoms with Gasteiger partial charge in [0, 0.05) is 23.8 Å². The van der Waals surface area contributed by atoms with E-state index in [1.807, 2.05) is 0 Å². The van der Waals surface area contributed by atoms with E-state index in [-0.39, 0.29) is 12.1 Å². The molecule has 2 N–H and O–H groups in total. The molecule has 4 rings (SSSR count). The predicted octanol–water partition coefficient (Wildman–Crippen LogP) is 5.21. The first-order chi connectivity index (χ1) is 15.7. The van der Waals surface area contributed by atoms with Crippen LogP contribution in [0.2, 0.25) is 0 Å². The maximum absolute atomic E-state index is 12.9. The average molecular weight is 478 g/mol. The van der Waals surface area contributed by atoms with Crippen molar-refractivity contribution in [2.45, 2.75) is 25.6 Å². The number of benzene rings is 1. The first-order valence-corrected chi connectivity index (χ1v) is 11.1. The summed E-state index contributed by atoms with van der Waals surface area (Å²) in [6, 6.07) is 8.30. The van der Waals surface area contributed by atoms with Crippen LogP contribution in [0.25, 0.3) is 10.1 Å². The molecular weight excluding hydrogens is 457 g/mol. The molecule has 3 heterocycles. The first kappa shape index (κ1) is 22.8. The summed E-state index contributed by atoms with van der Waals surface area (Å²) in [6.07, 6.45) is -2.51. The molecule has 1 aliphatic heterocycles. The lowest BCUT2D eigenvalue weighted by Crippen LogP contribution is -2.32. The quantitative estimate of drug-likeness (QED) is 0.526. The van der Waals surface area contributed by atoms with Gasteiger partial charge < -0.3 is 20.3 Å². The number of rotatable bonds is 5. The van der Waals surface area contributed by atoms with Crippen molar-refractivity contribution in [3.05, 3.63) is 53.0 Å². The minimum atomic E-state index is -4.43. The van der Waals surface area contributed by atoms with Crippen LogP contribution in [0.4, 0.5) is 29.5 Å². The van der Waals surface area contributed by atoms with Crippen LogP contribution in [-0.2, 0) is 10.9 Å². The number of likely N-dealkylation sites (tertiary alicyclic amines) is 1. The molecule has 0 bridgehead atoms. The number of anilines is 2. The first-order valence-electron chi connectivity index (χ1n) is 10.3. The van der Waals surface area contributed by atoms with Crippen molar-refractivity contribution >= 4 is 44.9 Å². The third-order valence-electron chi connectivity index (χ3n) is 5.16. The summed E-state index contributed by atoms with van der Waals surface area (Å²) in [6.45, 7) is 3.21. The van der Waals surface area contributed by atoms with Gasteiger partial charge in [-0.25, -0.2) is 9.78 Å². The molecule has 1 unspecified atom stereocenters. The lowest BCUT2D eigenvalue weighted by atomic mass is 10.1. The van der Waals surface area contributed by atoms with Crippen molar-refractivity contribution in [3.63, 3.8) is 0 Å². The summed E-state index contributed by atoms with van der Waals surface area (Å²) in [5, 5.41) is 6.33. The Morgan fingerprint density at radius 2 is 2.06 bits per heavy atom. The van der Waals surface area contributed by atoms with E-state index in [0.29, 0.717) is 46.2 Å². The van der Waals surface area contributed by atoms with Crippen LogP contribution in [-0.4, -0.2) is 47.6 Å². The lowest BCUT2D eigenvalue weighted by Gasteiger charge is -2.16. The molecule has 1 atom stereocenters. The number of thiophene rings is 1. The van der Waals surface area contributed by atoms with Gasteiger partial charge in [-0.2, -0.15) is 13.2 Å². The number of amides is 2. The Morgan fingerprint density at radius 3 is 2.76 bits per heavy atom. The Kier molecular flexibility index (Phi) is 6.41. The maximum Gasteiger partial charge on any atom is 0.416 e. The van der Waals surface area contributed by atoms with Crippen LogP contribution in [0.3, 0.4) is 0 Å². The third-order valence-corrected chi connectivity index (χ3v) is 6.27. The second kappa shape index (κ2) is 9.26. The van der Waals surface area contributed by atoms with Crippen LogP contribution >= 0.6 is 11.3 Å². The molecule has 2 amide bonds. The molecule has 11 heteroatoms. The highest BCUT2D eigenvalue weighted by atomic mass is 32.1. The van der Waals surface area contributed by atoms with Crippen molar-refractivity contribution in [3.8, 4) is 0 Å². The van der Waals surface area contributed by atoms with E-state index < -0.39 is 17.6 Å². The summed E-state index contributed by atoms with van der Waals surface area (Å²) in [5.74, 6) is 0.179. The van der Waals surface area contributed by atoms with Gasteiger partial charge in [-0.15, -0.1) is 11.3 Å². The Morgan fingerprint density at radius 1 is 1.24 bits per heavy atom. The molecule has 0 spiro atoms. The fraction of sp³-hybridized carbons (Fsp3) is 0.318. The highest BCUT2D eigenvalue weighted by Crippen LogP contribution is 2.34. The number of ether oxygens (including phenoxy) is 1. The van der Waals surface area contributed by atoms with E-state index in [1.165, 1.54) is 18.3 Å². The number of fused-ring (bicyclic) bond motifs is 1. The second-order valence-electron chi connectivity index (χ2n) is 7.52. The number of nitrogens with zero attached hydrogens (tertiary/aromatic N) is 2. The molecule has 0 radical (unpaired) electrons. The van der Waals surface area contributed by atoms with Crippen LogP contribution in [0, 0.1) is 0 Å². The molecule has 0 aliphatic carbocycles. The molecule has 1 aliphatic rings. The number of nitrogens with one attached hydrogen (secondary N) is 2. The van der Waals surface area contributed by atoms with Gasteiger partial charge in [0.05, 0.1) is 28.9 Å². The number of pyridine rings is 1. The van der Waals surface area contributed by atoms with E-state index >= 15 is 0 Å². The highest BCUT2D eigenvalue weighted by Gasteiger charge is 2.31. The number of hydrogen-bond donors (Lipinski definition) is 2. The number of alkyl halides is 3. The number of carbonyl (C=O) groups is 2. The van der Waals surface area contributed by atoms with Gasteiger partial charge in [0.15, 0.2) is 0 Å². The Balaban J connectivity index is 1.36. The summed E-state index contributed by atoms with van der Waals surface area (Å²) in [5.41, 5.74) is -0.293. The molecule has 2 aromatic heterocycles. The molecule has 0 saturated carbocycles. The van der Waals surface area contributed by atoms with Crippen molar-refractivity contribution < 1.29 is 27.5 Å². The smallest absolute Gasteiger partial charge is 0.416 e. The van der Waals surface area contributed by atoms with Gasteiger partial charge >= 0.3 is 12.3 Å². The molecule has 1 aromatic carbocycles. The molecule has 33 heavy (non-hydrogen) atoms. The number of hydrogen-bond acceptors (Lipinski definition) is 6. The molecule has 1 saturated heterocycles. The van der Waals surface area contributed by atoms with E-state index in [4.69, 9.17) is 4.74 Å². The molecule has 174 valence electrons. The Labute approximate surface area is 191 Å². The number of halogens is 3. The predicted molar refractivity (Wildman–Crippen MR) is 120 cm³/mol. The number of aromatic nitrogens is 1. The third kappa shape index (κ3) is 5.36. The van der Waals surface area contributed by atoms with E-state index in [9.17, 15) is 22.8 Å². The van der Waals surface area contributed by atoms with Crippen molar-refractivity contribution in [1.82, 2.24) is 9.88 Å². The van der Waals surface area contributed by atoms with Gasteiger partial charge in [0.1, 0.15) is 5.82 Å². The van der Waals surface area contributed by atoms with E-state index in [2.05, 4.69) is 15.6 Å². The zero-order valence-corrected chi connectivity index (χ0v) is 18.4. The molecular formula is C22H21F3N4O3S. The van der Waals surface area contributed by atoms with Crippen LogP contribution in [0.15, 0.2) is 42.6 Å². The summed E-state index contributed by atoms with van der Waals surface area (Å²) in [4.78, 5) is 30.6. The molecule has 3 aromatic rings. The number of carbonyl (C=O) groups excluding carboxylic acids is 2. The van der Waals surface area contributed by atoms with Gasteiger partial charge in [0.25, 0.3) is 5.91 Å². The van der Waals surface area contributed by atoms with Gasteiger partial charge in [-0.05, 0) is 55.1 Å². The fourth-order valence-electron chi connectivity index (χ4n) is 3.55. The summed E-state index contributed by atoms with van der Waals surface area (Å²) < 4.78 is 44.3. The Hall–Kier alpha value is -3.34. The zero-order chi connectivity index (χ0) is 23.6. The molecule has 7 nitrogen and oxygen atoms in total. The minimum Gasteiger partial charge on any atom is -0.450 e. The average Bonchev–Trinajstić information content (AvgIpc) is 3.41. The van der Waals surface area contributed by atoms with Gasteiger partial charge in [-0.1, -0.05) is 0 Å². The van der Waals surface area contributed by atoms with E-state index in [0.717, 1.165) is 29.9 Å². The van der Waals surface area contributed by atoms with Gasteiger partial charge in [-0.3, -0.25) is 4.79 Å². The SMILES string of the molecule is CCOC(=O)N1CCC(Nc2ccc(NC(=O)c3cc4cc(C(F)(F)F)ccc4s3)cn2)C1. The second-order valence-corrected chi connectivity index (χ2v) is 8.61. The van der Waals surface area contributed by atoms with Crippen molar-refractivity contribution in [2.75, 3.05) is 30.3 Å². The van der Waals surface area contributed by atoms with Crippen LogP contribution < -0.4 is 10.6 Å². The topological polar surface area (TPSA) is 83.6 Å². The van der Waals surface area contributed by atoms with E-state index in [1.54, 1.807) is 24.0 Å².